The van der Waals surface area contributed by atoms with Gasteiger partial charge in [-0.2, -0.15) is 4.99 Å². The molecule has 1 fully saturated rings. The van der Waals surface area contributed by atoms with Gasteiger partial charge in [0.15, 0.2) is 10.6 Å². The van der Waals surface area contributed by atoms with E-state index in [1.54, 1.807) is 7.11 Å². The fourth-order valence-corrected chi connectivity index (χ4v) is 6.14. The van der Waals surface area contributed by atoms with Gasteiger partial charge in [0, 0.05) is 16.6 Å². The molecule has 0 spiro atoms. The van der Waals surface area contributed by atoms with Crippen LogP contribution in [0.3, 0.4) is 0 Å². The molecule has 1 aliphatic carbocycles. The van der Waals surface area contributed by atoms with Crippen LogP contribution in [-0.2, 0) is 5.54 Å². The quantitative estimate of drug-likeness (QED) is 0.189. The minimum Gasteiger partial charge on any atom is -0.497 e. The van der Waals surface area contributed by atoms with Crippen LogP contribution in [0.25, 0.3) is 22.8 Å². The van der Waals surface area contributed by atoms with Gasteiger partial charge in [0.05, 0.1) is 24.0 Å². The number of aromatic nitrogens is 4. The van der Waals surface area contributed by atoms with Crippen molar-refractivity contribution in [2.75, 3.05) is 7.11 Å². The van der Waals surface area contributed by atoms with Crippen LogP contribution >= 0.6 is 11.3 Å². The Labute approximate surface area is 267 Å². The van der Waals surface area contributed by atoms with Crippen molar-refractivity contribution < 1.29 is 27.4 Å². The molecule has 46 heavy (non-hydrogen) atoms. The number of ether oxygens (including phenoxy) is 2. The first-order chi connectivity index (χ1) is 21.9. The number of benzene rings is 3. The highest BCUT2D eigenvalue weighted by molar-refractivity contribution is 7.07. The molecule has 13 heteroatoms. The molecule has 0 saturated heterocycles. The average molecular weight is 649 g/mol. The van der Waals surface area contributed by atoms with Crippen LogP contribution in [0.1, 0.15) is 49.4 Å². The van der Waals surface area contributed by atoms with E-state index in [9.17, 15) is 18.0 Å². The van der Waals surface area contributed by atoms with Gasteiger partial charge in [0.25, 0.3) is 0 Å². The van der Waals surface area contributed by atoms with Crippen LogP contribution in [0.5, 0.6) is 11.5 Å². The number of hydrogen-bond donors (Lipinski definition) is 1. The summed E-state index contributed by atoms with van der Waals surface area (Å²) in [4.78, 5) is 22.7. The Morgan fingerprint density at radius 3 is 2.37 bits per heavy atom. The summed E-state index contributed by atoms with van der Waals surface area (Å²) in [6.07, 6.45) is -1.70. The number of amides is 2. The molecule has 1 aliphatic rings. The second kappa shape index (κ2) is 12.1. The summed E-state index contributed by atoms with van der Waals surface area (Å²) in [7, 11) is 1.64. The number of alkyl halides is 3. The highest BCUT2D eigenvalue weighted by atomic mass is 32.1. The van der Waals surface area contributed by atoms with E-state index in [-0.39, 0.29) is 11.7 Å². The lowest BCUT2D eigenvalue weighted by Gasteiger charge is -2.17. The number of aryl methyl sites for hydroxylation is 1. The van der Waals surface area contributed by atoms with Crippen molar-refractivity contribution in [2.24, 2.45) is 4.99 Å². The third kappa shape index (κ3) is 6.54. The molecule has 0 radical (unpaired) electrons. The number of nitrogens with zero attached hydrogens (tertiary/aromatic N) is 5. The van der Waals surface area contributed by atoms with Crippen LogP contribution in [-0.4, -0.2) is 38.8 Å². The van der Waals surface area contributed by atoms with E-state index < -0.39 is 17.9 Å². The number of nitrogens with one attached hydrogen (secondary N) is 1. The number of halogens is 3. The third-order valence-corrected chi connectivity index (χ3v) is 8.74. The Balaban J connectivity index is 1.18. The van der Waals surface area contributed by atoms with Crippen molar-refractivity contribution in [3.63, 3.8) is 0 Å². The highest BCUT2D eigenvalue weighted by Crippen LogP contribution is 2.46. The van der Waals surface area contributed by atoms with Crippen molar-refractivity contribution in [1.29, 1.82) is 0 Å². The number of thiazole rings is 1. The fourth-order valence-electron chi connectivity index (χ4n) is 5.28. The Kier molecular flexibility index (Phi) is 8.19. The van der Waals surface area contributed by atoms with Crippen LogP contribution in [0.2, 0.25) is 0 Å². The molecule has 2 heterocycles. The number of methoxy groups -OCH3 is 1. The molecule has 1 N–H and O–H groups in total. The van der Waals surface area contributed by atoms with E-state index in [0.29, 0.717) is 16.3 Å². The molecule has 0 bridgehead atoms. The summed E-state index contributed by atoms with van der Waals surface area (Å²) in [5.41, 5.74) is 4.75. The minimum absolute atomic E-state index is 0.230. The second-order valence-electron chi connectivity index (χ2n) is 11.3. The number of rotatable bonds is 8. The number of carbonyl (C=O) groups is 1. The smallest absolute Gasteiger partial charge is 0.497 e. The SMILES string of the molecule is COc1ccc(-n2c(C)csc2=NC(=O)NC2(c3ccc(-c4ncn(-c5ccc(OC(F)(F)F)cc5)n4)cc3)CC2)c(C(C)C)c1. The molecule has 0 unspecified atom stereocenters. The Hall–Kier alpha value is -4.91. The van der Waals surface area contributed by atoms with E-state index in [1.165, 1.54) is 46.6 Å². The van der Waals surface area contributed by atoms with Gasteiger partial charge in [-0.3, -0.25) is 4.57 Å². The van der Waals surface area contributed by atoms with Crippen LogP contribution < -0.4 is 19.6 Å². The first-order valence-corrected chi connectivity index (χ1v) is 15.4. The average Bonchev–Trinajstić information content (AvgIpc) is 3.46. The van der Waals surface area contributed by atoms with Gasteiger partial charge in [-0.05, 0) is 79.3 Å². The number of hydrogen-bond acceptors (Lipinski definition) is 6. The van der Waals surface area contributed by atoms with Crippen molar-refractivity contribution >= 4 is 17.4 Å². The van der Waals surface area contributed by atoms with Gasteiger partial charge < -0.3 is 14.8 Å². The molecule has 0 atom stereocenters. The van der Waals surface area contributed by atoms with Crippen molar-refractivity contribution in [3.8, 4) is 34.3 Å². The molecule has 3 aromatic carbocycles. The molecule has 2 aromatic heterocycles. The van der Waals surface area contributed by atoms with E-state index in [0.717, 1.165) is 46.7 Å². The van der Waals surface area contributed by atoms with Crippen molar-refractivity contribution in [1.82, 2.24) is 24.6 Å². The summed E-state index contributed by atoms with van der Waals surface area (Å²) in [6, 6.07) is 18.5. The first-order valence-electron chi connectivity index (χ1n) is 14.6. The van der Waals surface area contributed by atoms with Crippen molar-refractivity contribution in [2.45, 2.75) is 51.4 Å². The van der Waals surface area contributed by atoms with Gasteiger partial charge in [-0.25, -0.2) is 14.5 Å². The maximum absolute atomic E-state index is 13.3. The van der Waals surface area contributed by atoms with E-state index in [1.807, 2.05) is 59.3 Å². The van der Waals surface area contributed by atoms with Crippen LogP contribution in [0.15, 0.2) is 83.4 Å². The Bertz CT molecular complexity index is 1940. The van der Waals surface area contributed by atoms with Gasteiger partial charge in [0.2, 0.25) is 0 Å². The molecule has 6 rings (SSSR count). The summed E-state index contributed by atoms with van der Waals surface area (Å²) < 4.78 is 50.2. The lowest BCUT2D eigenvalue weighted by atomic mass is 10.0. The predicted octanol–water partition coefficient (Wildman–Crippen LogP) is 7.43. The van der Waals surface area contributed by atoms with E-state index >= 15 is 0 Å². The summed E-state index contributed by atoms with van der Waals surface area (Å²) in [6.45, 7) is 6.23. The molecule has 1 saturated carbocycles. The molecule has 0 aliphatic heterocycles. The van der Waals surface area contributed by atoms with Gasteiger partial charge >= 0.3 is 12.4 Å². The van der Waals surface area contributed by atoms with Gasteiger partial charge in [-0.1, -0.05) is 38.1 Å². The lowest BCUT2D eigenvalue weighted by Crippen LogP contribution is -2.34. The highest BCUT2D eigenvalue weighted by Gasteiger charge is 2.45. The third-order valence-electron chi connectivity index (χ3n) is 7.79. The largest absolute Gasteiger partial charge is 0.573 e. The van der Waals surface area contributed by atoms with E-state index in [2.05, 4.69) is 39.0 Å². The molecule has 2 amide bonds. The molecule has 238 valence electrons. The number of carbonyl (C=O) groups excluding carboxylic acids is 1. The topological polar surface area (TPSA) is 95.6 Å². The summed E-state index contributed by atoms with van der Waals surface area (Å²) in [5.74, 6) is 1.14. The van der Waals surface area contributed by atoms with E-state index in [4.69, 9.17) is 4.74 Å². The maximum Gasteiger partial charge on any atom is 0.573 e. The molecule has 5 aromatic rings. The lowest BCUT2D eigenvalue weighted by molar-refractivity contribution is -0.274. The Morgan fingerprint density at radius 2 is 1.74 bits per heavy atom. The standard InChI is InChI=1S/C33H31F3N6O3S/c1-20(2)27-17-26(44-4)13-14-28(27)42-21(3)18-46-31(42)38-30(43)39-32(15-16-32)23-7-5-22(6-8-23)29-37-19-41(40-29)24-9-11-25(12-10-24)45-33(34,35)36/h5-14,17-20H,15-16H2,1-4H3,(H,39,43). The number of urea groups is 1. The molecular formula is C33H31F3N6O3S. The monoisotopic (exact) mass is 648 g/mol. The first kappa shape index (κ1) is 31.1. The fraction of sp³-hybridized carbons (Fsp3) is 0.273. The molecular weight excluding hydrogens is 617 g/mol. The normalized spacial score (nSPS) is 14.4. The van der Waals surface area contributed by atoms with Gasteiger partial charge in [-0.15, -0.1) is 29.6 Å². The van der Waals surface area contributed by atoms with Crippen LogP contribution in [0.4, 0.5) is 18.0 Å². The van der Waals surface area contributed by atoms with Crippen LogP contribution in [0, 0.1) is 6.92 Å². The predicted molar refractivity (Wildman–Crippen MR) is 168 cm³/mol. The second-order valence-corrected chi connectivity index (χ2v) is 12.2. The summed E-state index contributed by atoms with van der Waals surface area (Å²) >= 11 is 1.41. The van der Waals surface area contributed by atoms with Crippen molar-refractivity contribution in [3.05, 3.63) is 100 Å². The Morgan fingerprint density at radius 1 is 1.04 bits per heavy atom. The minimum atomic E-state index is -4.76. The zero-order valence-electron chi connectivity index (χ0n) is 25.5. The molecule has 9 nitrogen and oxygen atoms in total. The maximum atomic E-state index is 13.3. The van der Waals surface area contributed by atoms with Gasteiger partial charge in [0.1, 0.15) is 17.8 Å². The summed E-state index contributed by atoms with van der Waals surface area (Å²) in [5, 5.41) is 9.58. The zero-order valence-corrected chi connectivity index (χ0v) is 26.3. The zero-order chi connectivity index (χ0) is 32.6.